The van der Waals surface area contributed by atoms with Crippen LogP contribution in [-0.2, 0) is 0 Å². The Morgan fingerprint density at radius 1 is 0.769 bits per heavy atom. The molecule has 0 bridgehead atoms. The first kappa shape index (κ1) is 25.8. The van der Waals surface area contributed by atoms with Gasteiger partial charge in [0, 0.05) is 26.9 Å². The van der Waals surface area contributed by atoms with E-state index in [4.69, 9.17) is 16.3 Å². The number of nitrogens with zero attached hydrogens (tertiary/aromatic N) is 1. The van der Waals surface area contributed by atoms with E-state index in [1.165, 1.54) is 17.6 Å². The van der Waals surface area contributed by atoms with Gasteiger partial charge in [-0.25, -0.2) is 10.2 Å². The first-order valence-corrected chi connectivity index (χ1v) is 13.0. The first-order chi connectivity index (χ1) is 19.0. The summed E-state index contributed by atoms with van der Waals surface area (Å²) in [4.78, 5) is 38.1. The van der Waals surface area contributed by atoms with Crippen molar-refractivity contribution in [3.63, 3.8) is 0 Å². The summed E-state index contributed by atoms with van der Waals surface area (Å²) in [5, 5.41) is 8.06. The van der Waals surface area contributed by atoms with E-state index in [0.29, 0.717) is 38.0 Å². The SMILES string of the molecule is O=C(N/N=C\c1ccccc1OC(=O)c1ccccc1)c1ccc(NC(=O)c2sc3ccccc3c2Cl)cc1. The van der Waals surface area contributed by atoms with Gasteiger partial charge in [-0.15, -0.1) is 11.3 Å². The number of hydrogen-bond donors (Lipinski definition) is 2. The van der Waals surface area contributed by atoms with Gasteiger partial charge in [-0.1, -0.05) is 60.1 Å². The molecule has 0 fully saturated rings. The average Bonchev–Trinajstić information content (AvgIpc) is 3.31. The molecule has 5 aromatic rings. The quantitative estimate of drug-likeness (QED) is 0.100. The Bertz CT molecular complexity index is 1700. The van der Waals surface area contributed by atoms with E-state index < -0.39 is 11.9 Å². The molecule has 0 unspecified atom stereocenters. The van der Waals surface area contributed by atoms with Crippen LogP contribution in [0.2, 0.25) is 5.02 Å². The number of thiophene rings is 1. The maximum atomic E-state index is 12.8. The van der Waals surface area contributed by atoms with E-state index in [1.54, 1.807) is 72.8 Å². The molecule has 4 aromatic carbocycles. The summed E-state index contributed by atoms with van der Waals surface area (Å²) in [6, 6.07) is 29.4. The van der Waals surface area contributed by atoms with E-state index in [1.807, 2.05) is 30.3 Å². The van der Waals surface area contributed by atoms with Crippen molar-refractivity contribution < 1.29 is 19.1 Å². The van der Waals surface area contributed by atoms with E-state index >= 15 is 0 Å². The topological polar surface area (TPSA) is 96.9 Å². The molecule has 7 nitrogen and oxygen atoms in total. The lowest BCUT2D eigenvalue weighted by Crippen LogP contribution is -2.18. The molecular formula is C30H20ClN3O4S. The summed E-state index contributed by atoms with van der Waals surface area (Å²) in [6.07, 6.45) is 1.40. The fraction of sp³-hybridized carbons (Fsp3) is 0. The van der Waals surface area contributed by atoms with E-state index in [0.717, 1.165) is 10.1 Å². The number of rotatable bonds is 7. The number of fused-ring (bicyclic) bond motifs is 1. The lowest BCUT2D eigenvalue weighted by Gasteiger charge is -2.07. The van der Waals surface area contributed by atoms with Crippen LogP contribution >= 0.6 is 22.9 Å². The number of benzene rings is 4. The molecule has 192 valence electrons. The highest BCUT2D eigenvalue weighted by Crippen LogP contribution is 2.35. The van der Waals surface area contributed by atoms with E-state index in [-0.39, 0.29) is 5.91 Å². The van der Waals surface area contributed by atoms with Crippen LogP contribution in [0, 0.1) is 0 Å². The molecule has 1 heterocycles. The summed E-state index contributed by atoms with van der Waals surface area (Å²) >= 11 is 7.72. The summed E-state index contributed by atoms with van der Waals surface area (Å²) in [6.45, 7) is 0. The number of carbonyl (C=O) groups excluding carboxylic acids is 3. The van der Waals surface area contributed by atoms with Crippen molar-refractivity contribution in [3.05, 3.63) is 130 Å². The first-order valence-electron chi connectivity index (χ1n) is 11.8. The van der Waals surface area contributed by atoms with Gasteiger partial charge in [-0.3, -0.25) is 9.59 Å². The van der Waals surface area contributed by atoms with Crippen LogP contribution in [0.25, 0.3) is 10.1 Å². The monoisotopic (exact) mass is 553 g/mol. The molecule has 0 saturated heterocycles. The molecule has 1 aromatic heterocycles. The number of ether oxygens (including phenoxy) is 1. The minimum Gasteiger partial charge on any atom is -0.422 e. The van der Waals surface area contributed by atoms with Crippen molar-refractivity contribution in [3.8, 4) is 5.75 Å². The van der Waals surface area contributed by atoms with Gasteiger partial charge in [0.05, 0.1) is 16.8 Å². The molecule has 0 aliphatic heterocycles. The fourth-order valence-corrected chi connectivity index (χ4v) is 5.10. The van der Waals surface area contributed by atoms with Gasteiger partial charge < -0.3 is 10.1 Å². The van der Waals surface area contributed by atoms with Gasteiger partial charge in [0.15, 0.2) is 0 Å². The third kappa shape index (κ3) is 6.04. The van der Waals surface area contributed by atoms with Crippen molar-refractivity contribution in [1.29, 1.82) is 0 Å². The number of para-hydroxylation sites is 1. The highest BCUT2D eigenvalue weighted by molar-refractivity contribution is 7.21. The predicted octanol–water partition coefficient (Wildman–Crippen LogP) is 6.79. The molecule has 0 radical (unpaired) electrons. The van der Waals surface area contributed by atoms with E-state index in [2.05, 4.69) is 15.8 Å². The second kappa shape index (κ2) is 11.7. The lowest BCUT2D eigenvalue weighted by molar-refractivity contribution is 0.0734. The van der Waals surface area contributed by atoms with Gasteiger partial charge in [-0.05, 0) is 54.6 Å². The smallest absolute Gasteiger partial charge is 0.343 e. The second-order valence-electron chi connectivity index (χ2n) is 8.27. The second-order valence-corrected chi connectivity index (χ2v) is 9.70. The van der Waals surface area contributed by atoms with Crippen LogP contribution in [0.4, 0.5) is 5.69 Å². The van der Waals surface area contributed by atoms with Crippen molar-refractivity contribution in [2.75, 3.05) is 5.32 Å². The zero-order valence-corrected chi connectivity index (χ0v) is 21.8. The Kier molecular flexibility index (Phi) is 7.77. The summed E-state index contributed by atoms with van der Waals surface area (Å²) in [5.74, 6) is -0.962. The zero-order chi connectivity index (χ0) is 27.2. The van der Waals surface area contributed by atoms with Gasteiger partial charge in [0.2, 0.25) is 0 Å². The summed E-state index contributed by atoms with van der Waals surface area (Å²) in [5.41, 5.74) is 4.25. The van der Waals surface area contributed by atoms with Gasteiger partial charge in [0.25, 0.3) is 11.8 Å². The largest absolute Gasteiger partial charge is 0.422 e. The lowest BCUT2D eigenvalue weighted by atomic mass is 10.2. The molecule has 0 aliphatic carbocycles. The number of amides is 2. The van der Waals surface area contributed by atoms with Crippen LogP contribution < -0.4 is 15.5 Å². The van der Waals surface area contributed by atoms with Crippen LogP contribution in [0.5, 0.6) is 5.75 Å². The van der Waals surface area contributed by atoms with Gasteiger partial charge >= 0.3 is 5.97 Å². The number of hydrazone groups is 1. The molecule has 0 spiro atoms. The standard InChI is InChI=1S/C30H20ClN3O4S/c31-26-23-11-5-7-13-25(23)39-27(26)29(36)33-22-16-14-19(15-17-22)28(35)34-32-18-21-10-4-6-12-24(21)38-30(37)20-8-2-1-3-9-20/h1-18H,(H,33,36)(H,34,35)/b32-18-. The molecule has 0 saturated carbocycles. The predicted molar refractivity (Wildman–Crippen MR) is 154 cm³/mol. The van der Waals surface area contributed by atoms with E-state index in [9.17, 15) is 14.4 Å². The number of carbonyl (C=O) groups is 3. The molecule has 5 rings (SSSR count). The Morgan fingerprint density at radius 3 is 2.23 bits per heavy atom. The maximum absolute atomic E-state index is 12.8. The Hall–Kier alpha value is -4.79. The van der Waals surface area contributed by atoms with Crippen LogP contribution in [-0.4, -0.2) is 24.0 Å². The fourth-order valence-electron chi connectivity index (χ4n) is 3.69. The summed E-state index contributed by atoms with van der Waals surface area (Å²) in [7, 11) is 0. The Morgan fingerprint density at radius 2 is 1.46 bits per heavy atom. The zero-order valence-electron chi connectivity index (χ0n) is 20.3. The molecule has 2 N–H and O–H groups in total. The minimum atomic E-state index is -0.498. The molecule has 2 amide bonds. The average molecular weight is 554 g/mol. The Balaban J connectivity index is 1.20. The molecule has 0 atom stereocenters. The molecule has 9 heteroatoms. The third-order valence-corrected chi connectivity index (χ3v) is 7.32. The van der Waals surface area contributed by atoms with Gasteiger partial charge in [-0.2, -0.15) is 5.10 Å². The number of nitrogens with one attached hydrogen (secondary N) is 2. The minimum absolute atomic E-state index is 0.309. The van der Waals surface area contributed by atoms with Crippen LogP contribution in [0.1, 0.15) is 36.0 Å². The van der Waals surface area contributed by atoms with Crippen LogP contribution in [0.3, 0.4) is 0 Å². The third-order valence-electron chi connectivity index (χ3n) is 5.65. The summed E-state index contributed by atoms with van der Waals surface area (Å²) < 4.78 is 6.42. The number of hydrogen-bond acceptors (Lipinski definition) is 6. The molecule has 39 heavy (non-hydrogen) atoms. The van der Waals surface area contributed by atoms with Gasteiger partial charge in [0.1, 0.15) is 10.6 Å². The maximum Gasteiger partial charge on any atom is 0.343 e. The normalized spacial score (nSPS) is 10.9. The number of halogens is 1. The van der Waals surface area contributed by atoms with Crippen molar-refractivity contribution >= 4 is 62.7 Å². The van der Waals surface area contributed by atoms with Crippen LogP contribution in [0.15, 0.2) is 108 Å². The van der Waals surface area contributed by atoms with Crippen molar-refractivity contribution in [1.82, 2.24) is 5.43 Å². The Labute approximate surface area is 232 Å². The molecule has 0 aliphatic rings. The van der Waals surface area contributed by atoms with Crippen molar-refractivity contribution in [2.24, 2.45) is 5.10 Å². The highest BCUT2D eigenvalue weighted by Gasteiger charge is 2.17. The number of anilines is 1. The molecular weight excluding hydrogens is 534 g/mol. The van der Waals surface area contributed by atoms with Crippen molar-refractivity contribution in [2.45, 2.75) is 0 Å². The number of esters is 1. The highest BCUT2D eigenvalue weighted by atomic mass is 35.5.